The molecule has 0 amide bonds. The maximum Gasteiger partial charge on any atom is 0.190 e. The van der Waals surface area contributed by atoms with Crippen molar-refractivity contribution in [3.05, 3.63) is 68.2 Å². The highest BCUT2D eigenvalue weighted by Crippen LogP contribution is 2.29. The van der Waals surface area contributed by atoms with Crippen LogP contribution in [0.2, 0.25) is 5.02 Å². The second kappa shape index (κ2) is 8.09. The van der Waals surface area contributed by atoms with Crippen molar-refractivity contribution in [2.45, 2.75) is 25.5 Å². The van der Waals surface area contributed by atoms with E-state index >= 15 is 0 Å². The lowest BCUT2D eigenvalue weighted by atomic mass is 10.1. The van der Waals surface area contributed by atoms with Crippen LogP contribution in [-0.4, -0.2) is 17.3 Å². The molecule has 2 aromatic carbocycles. The molecule has 134 valence electrons. The summed E-state index contributed by atoms with van der Waals surface area (Å²) in [4.78, 5) is 5.82. The summed E-state index contributed by atoms with van der Waals surface area (Å²) in [5, 5.41) is 2.89. The second-order valence-corrected chi connectivity index (χ2v) is 8.34. The van der Waals surface area contributed by atoms with Crippen LogP contribution >= 0.6 is 38.9 Å². The van der Waals surface area contributed by atoms with Gasteiger partial charge in [0.05, 0.1) is 24.0 Å². The predicted molar refractivity (Wildman–Crippen MR) is 111 cm³/mol. The number of hydrogen-bond donors (Lipinski definition) is 0. The summed E-state index contributed by atoms with van der Waals surface area (Å²) in [7, 11) is 0. The third-order valence-electron chi connectivity index (χ3n) is 4.41. The number of benzene rings is 2. The molecule has 26 heavy (non-hydrogen) atoms. The number of aromatic nitrogens is 1. The van der Waals surface area contributed by atoms with E-state index in [0.29, 0.717) is 0 Å². The molecule has 4 rings (SSSR count). The molecule has 1 fully saturated rings. The van der Waals surface area contributed by atoms with Gasteiger partial charge in [0.25, 0.3) is 0 Å². The molecule has 2 heterocycles. The van der Waals surface area contributed by atoms with E-state index < -0.39 is 0 Å². The van der Waals surface area contributed by atoms with Crippen molar-refractivity contribution in [2.75, 3.05) is 6.61 Å². The molecule has 0 N–H and O–H groups in total. The lowest BCUT2D eigenvalue weighted by molar-refractivity contribution is 0.0968. The number of rotatable bonds is 4. The van der Waals surface area contributed by atoms with Gasteiger partial charge in [-0.15, -0.1) is 11.3 Å². The maximum atomic E-state index is 5.99. The van der Waals surface area contributed by atoms with Crippen LogP contribution in [0.5, 0.6) is 0 Å². The Hall–Kier alpha value is -1.40. The molecule has 6 heteroatoms. The van der Waals surface area contributed by atoms with E-state index in [9.17, 15) is 0 Å². The summed E-state index contributed by atoms with van der Waals surface area (Å²) in [5.41, 5.74) is 3.22. The Bertz CT molecular complexity index is 958. The van der Waals surface area contributed by atoms with Gasteiger partial charge in [0.1, 0.15) is 0 Å². The quantitative estimate of drug-likeness (QED) is 0.476. The van der Waals surface area contributed by atoms with Crippen LogP contribution in [0.3, 0.4) is 0 Å². The first-order valence-electron chi connectivity index (χ1n) is 8.56. The van der Waals surface area contributed by atoms with Crippen molar-refractivity contribution in [3.63, 3.8) is 0 Å². The van der Waals surface area contributed by atoms with E-state index in [0.717, 1.165) is 51.7 Å². The summed E-state index contributed by atoms with van der Waals surface area (Å²) in [6.07, 6.45) is 2.47. The molecular formula is C20H18BrClN2OS. The number of ether oxygens (including phenoxy) is 1. The van der Waals surface area contributed by atoms with Crippen LogP contribution in [0.4, 0.5) is 5.69 Å². The molecular weight excluding hydrogens is 432 g/mol. The zero-order chi connectivity index (χ0) is 17.9. The van der Waals surface area contributed by atoms with Gasteiger partial charge in [-0.1, -0.05) is 45.7 Å². The molecule has 3 nitrogen and oxygen atoms in total. The van der Waals surface area contributed by atoms with Gasteiger partial charge in [-0.25, -0.2) is 4.99 Å². The summed E-state index contributed by atoms with van der Waals surface area (Å²) >= 11 is 11.3. The van der Waals surface area contributed by atoms with Gasteiger partial charge in [-0.05, 0) is 43.2 Å². The fourth-order valence-electron chi connectivity index (χ4n) is 3.10. The molecule has 3 aromatic rings. The minimum Gasteiger partial charge on any atom is -0.376 e. The van der Waals surface area contributed by atoms with Gasteiger partial charge in [0.15, 0.2) is 4.80 Å². The van der Waals surface area contributed by atoms with Gasteiger partial charge >= 0.3 is 0 Å². The fraction of sp³-hybridized carbons (Fsp3) is 0.250. The van der Waals surface area contributed by atoms with Crippen molar-refractivity contribution in [1.82, 2.24) is 4.57 Å². The topological polar surface area (TPSA) is 26.5 Å². The molecule has 0 saturated carbocycles. The molecule has 1 unspecified atom stereocenters. The number of nitrogens with zero attached hydrogens (tertiary/aromatic N) is 2. The van der Waals surface area contributed by atoms with E-state index in [2.05, 4.69) is 44.1 Å². The van der Waals surface area contributed by atoms with Crippen molar-refractivity contribution in [3.8, 4) is 11.3 Å². The zero-order valence-corrected chi connectivity index (χ0v) is 17.2. The number of hydrogen-bond acceptors (Lipinski definition) is 3. The molecule has 0 spiro atoms. The molecule has 1 atom stereocenters. The average molecular weight is 450 g/mol. The molecule has 0 radical (unpaired) electrons. The molecule has 1 aromatic heterocycles. The first kappa shape index (κ1) is 18.0. The van der Waals surface area contributed by atoms with Crippen LogP contribution in [-0.2, 0) is 11.3 Å². The first-order chi connectivity index (χ1) is 12.7. The maximum absolute atomic E-state index is 5.99. The zero-order valence-electron chi connectivity index (χ0n) is 14.1. The SMILES string of the molecule is Clc1ccc(N=c2scc(-c3ccccc3Br)n2CC2CCCO2)cc1. The van der Waals surface area contributed by atoms with E-state index in [1.165, 1.54) is 5.56 Å². The first-order valence-corrected chi connectivity index (χ1v) is 10.6. The van der Waals surface area contributed by atoms with Crippen LogP contribution in [0.1, 0.15) is 12.8 Å². The Morgan fingerprint density at radius 3 is 2.73 bits per heavy atom. The summed E-state index contributed by atoms with van der Waals surface area (Å²) in [6, 6.07) is 15.9. The third-order valence-corrected chi connectivity index (χ3v) is 6.22. The van der Waals surface area contributed by atoms with Gasteiger partial charge in [-0.3, -0.25) is 0 Å². The minimum atomic E-state index is 0.245. The molecule has 1 saturated heterocycles. The van der Waals surface area contributed by atoms with Crippen LogP contribution in [0, 0.1) is 0 Å². The monoisotopic (exact) mass is 448 g/mol. The Labute approximate surface area is 170 Å². The average Bonchev–Trinajstić information content (AvgIpc) is 3.29. The van der Waals surface area contributed by atoms with Crippen LogP contribution < -0.4 is 4.80 Å². The van der Waals surface area contributed by atoms with Gasteiger partial charge in [-0.2, -0.15) is 0 Å². The molecule has 1 aliphatic heterocycles. The Balaban J connectivity index is 1.81. The smallest absolute Gasteiger partial charge is 0.190 e. The highest BCUT2D eigenvalue weighted by molar-refractivity contribution is 9.10. The highest BCUT2D eigenvalue weighted by Gasteiger charge is 2.19. The molecule has 0 bridgehead atoms. The number of halogens is 2. The van der Waals surface area contributed by atoms with Gasteiger partial charge < -0.3 is 9.30 Å². The summed E-state index contributed by atoms with van der Waals surface area (Å²) in [6.45, 7) is 1.66. The standard InChI is InChI=1S/C20H18BrClN2OS/c21-18-6-2-1-5-17(18)19-13-26-20(23-15-9-7-14(22)8-10-15)24(19)12-16-4-3-11-25-16/h1-2,5-10,13,16H,3-4,11-12H2. The van der Waals surface area contributed by atoms with Crippen molar-refractivity contribution < 1.29 is 4.74 Å². The highest BCUT2D eigenvalue weighted by atomic mass is 79.9. The van der Waals surface area contributed by atoms with Gasteiger partial charge in [0, 0.05) is 27.0 Å². The lowest BCUT2D eigenvalue weighted by Crippen LogP contribution is -2.24. The van der Waals surface area contributed by atoms with Crippen molar-refractivity contribution >= 4 is 44.6 Å². The van der Waals surface area contributed by atoms with Crippen molar-refractivity contribution in [1.29, 1.82) is 0 Å². The van der Waals surface area contributed by atoms with Gasteiger partial charge in [0.2, 0.25) is 0 Å². The Kier molecular flexibility index (Phi) is 5.60. The van der Waals surface area contributed by atoms with Crippen LogP contribution in [0.25, 0.3) is 11.3 Å². The summed E-state index contributed by atoms with van der Waals surface area (Å²) in [5.74, 6) is 0. The molecule has 1 aliphatic rings. The normalized spacial score (nSPS) is 17.8. The minimum absolute atomic E-state index is 0.245. The largest absolute Gasteiger partial charge is 0.376 e. The van der Waals surface area contributed by atoms with E-state index in [1.807, 2.05) is 30.3 Å². The van der Waals surface area contributed by atoms with E-state index in [1.54, 1.807) is 11.3 Å². The lowest BCUT2D eigenvalue weighted by Gasteiger charge is -2.14. The predicted octanol–water partition coefficient (Wildman–Crippen LogP) is 6.04. The van der Waals surface area contributed by atoms with E-state index in [-0.39, 0.29) is 6.10 Å². The Morgan fingerprint density at radius 1 is 1.19 bits per heavy atom. The summed E-state index contributed by atoms with van der Waals surface area (Å²) < 4.78 is 9.23. The Morgan fingerprint density at radius 2 is 2.00 bits per heavy atom. The second-order valence-electron chi connectivity index (χ2n) is 6.22. The van der Waals surface area contributed by atoms with E-state index in [4.69, 9.17) is 21.3 Å². The number of thiazole rings is 1. The van der Waals surface area contributed by atoms with Crippen LogP contribution in [0.15, 0.2) is 63.4 Å². The molecule has 0 aliphatic carbocycles. The fourth-order valence-corrected chi connectivity index (χ4v) is 4.64. The van der Waals surface area contributed by atoms with Crippen molar-refractivity contribution in [2.24, 2.45) is 4.99 Å². The third kappa shape index (κ3) is 3.96.